The molecule has 6 heteroatoms. The normalized spacial score (nSPS) is 22.8. The molecule has 0 bridgehead atoms. The Morgan fingerprint density at radius 2 is 1.73 bits per heavy atom. The van der Waals surface area contributed by atoms with E-state index in [2.05, 4.69) is 15.9 Å². The Morgan fingerprint density at radius 1 is 1.09 bits per heavy atom. The van der Waals surface area contributed by atoms with Gasteiger partial charge in [0.2, 0.25) is 0 Å². The molecule has 116 valence electrons. The summed E-state index contributed by atoms with van der Waals surface area (Å²) in [4.78, 5) is 5.63. The minimum Gasteiger partial charge on any atom is -0.282 e. The first kappa shape index (κ1) is 15.7. The van der Waals surface area contributed by atoms with Gasteiger partial charge in [0.25, 0.3) is 10.0 Å². The van der Waals surface area contributed by atoms with E-state index in [1.165, 1.54) is 0 Å². The fraction of sp³-hybridized carbons (Fsp3) is 0.250. The van der Waals surface area contributed by atoms with E-state index in [0.717, 1.165) is 15.6 Å². The third kappa shape index (κ3) is 2.84. The highest BCUT2D eigenvalue weighted by molar-refractivity contribution is 9.09. The molecule has 0 amide bonds. The lowest BCUT2D eigenvalue weighted by Crippen LogP contribution is -2.31. The van der Waals surface area contributed by atoms with Crippen LogP contribution >= 0.6 is 15.9 Å². The van der Waals surface area contributed by atoms with Crippen molar-refractivity contribution in [2.45, 2.75) is 22.7 Å². The smallest absolute Gasteiger partial charge is 0.265 e. The third-order valence-corrected chi connectivity index (χ3v) is 6.07. The van der Waals surface area contributed by atoms with Gasteiger partial charge >= 0.3 is 0 Å². The summed E-state index contributed by atoms with van der Waals surface area (Å²) in [6.45, 7) is 2.23. The molecule has 2 aromatic carbocycles. The molecule has 1 saturated heterocycles. The van der Waals surface area contributed by atoms with Crippen molar-refractivity contribution in [3.8, 4) is 0 Å². The van der Waals surface area contributed by atoms with Gasteiger partial charge < -0.3 is 0 Å². The second-order valence-electron chi connectivity index (χ2n) is 5.24. The molecule has 2 aromatic rings. The zero-order valence-corrected chi connectivity index (χ0v) is 14.4. The van der Waals surface area contributed by atoms with E-state index >= 15 is 0 Å². The highest BCUT2D eigenvalue weighted by Gasteiger charge is 2.43. The number of hydrogen-bond acceptors (Lipinski definition) is 3. The molecule has 4 nitrogen and oxygen atoms in total. The first-order valence-corrected chi connectivity index (χ1v) is 9.29. The van der Waals surface area contributed by atoms with Gasteiger partial charge in [-0.15, -0.1) is 0 Å². The molecule has 22 heavy (non-hydrogen) atoms. The highest BCUT2D eigenvalue weighted by atomic mass is 79.9. The summed E-state index contributed by atoms with van der Waals surface area (Å²) in [7, 11) is -3.70. The minimum atomic E-state index is -3.70. The van der Waals surface area contributed by atoms with E-state index in [1.54, 1.807) is 24.3 Å². The molecule has 0 aromatic heterocycles. The maximum Gasteiger partial charge on any atom is 0.265 e. The van der Waals surface area contributed by atoms with Gasteiger partial charge in [0, 0.05) is 0 Å². The van der Waals surface area contributed by atoms with Crippen molar-refractivity contribution in [2.24, 2.45) is 0 Å². The van der Waals surface area contributed by atoms with E-state index in [4.69, 9.17) is 4.84 Å². The molecule has 0 radical (unpaired) electrons. The number of hydroxylamine groups is 1. The van der Waals surface area contributed by atoms with Gasteiger partial charge in [0.1, 0.15) is 0 Å². The summed E-state index contributed by atoms with van der Waals surface area (Å²) in [5.74, 6) is 0. The zero-order chi connectivity index (χ0) is 15.7. The first-order valence-electron chi connectivity index (χ1n) is 6.93. The summed E-state index contributed by atoms with van der Waals surface area (Å²) in [6, 6.07) is 15.9. The number of sulfonamides is 1. The zero-order valence-electron chi connectivity index (χ0n) is 12.0. The predicted octanol–water partition coefficient (Wildman–Crippen LogP) is 3.44. The Bertz CT molecular complexity index is 747. The molecule has 0 aliphatic carbocycles. The van der Waals surface area contributed by atoms with E-state index in [9.17, 15) is 8.42 Å². The van der Waals surface area contributed by atoms with Crippen LogP contribution in [0.2, 0.25) is 0 Å². The van der Waals surface area contributed by atoms with Gasteiger partial charge in [-0.2, -0.15) is 0 Å². The van der Waals surface area contributed by atoms with Crippen LogP contribution in [0.3, 0.4) is 0 Å². The topological polar surface area (TPSA) is 46.6 Å². The lowest BCUT2D eigenvalue weighted by molar-refractivity contribution is -0.0499. The summed E-state index contributed by atoms with van der Waals surface area (Å²) in [5.41, 5.74) is 1.91. The van der Waals surface area contributed by atoms with Gasteiger partial charge in [-0.05, 0) is 24.6 Å². The van der Waals surface area contributed by atoms with Crippen LogP contribution in [0, 0.1) is 6.92 Å². The van der Waals surface area contributed by atoms with Gasteiger partial charge in [-0.3, -0.25) is 4.84 Å². The predicted molar refractivity (Wildman–Crippen MR) is 88.1 cm³/mol. The SMILES string of the molecule is Cc1ccc(S(=O)(=O)N2OC[C@@H](Br)C2c2ccccc2)cc1. The number of benzene rings is 2. The first-order chi connectivity index (χ1) is 10.5. The van der Waals surface area contributed by atoms with Crippen molar-refractivity contribution in [1.82, 2.24) is 4.47 Å². The van der Waals surface area contributed by atoms with Crippen molar-refractivity contribution in [1.29, 1.82) is 0 Å². The van der Waals surface area contributed by atoms with Crippen LogP contribution in [0.25, 0.3) is 0 Å². The number of hydrogen-bond donors (Lipinski definition) is 0. The van der Waals surface area contributed by atoms with Crippen molar-refractivity contribution in [2.75, 3.05) is 6.61 Å². The highest BCUT2D eigenvalue weighted by Crippen LogP contribution is 2.38. The minimum absolute atomic E-state index is 0.0878. The standard InChI is InChI=1S/C16H16BrNO3S/c1-12-7-9-14(10-8-12)22(19,20)18-16(15(17)11-21-18)13-5-3-2-4-6-13/h2-10,15-16H,11H2,1H3/t15-,16?/m1/s1. The van der Waals surface area contributed by atoms with Gasteiger partial charge in [-0.25, -0.2) is 8.42 Å². The second kappa shape index (κ2) is 6.12. The second-order valence-corrected chi connectivity index (χ2v) is 8.20. The lowest BCUT2D eigenvalue weighted by Gasteiger charge is -2.23. The molecule has 0 spiro atoms. The molecule has 0 N–H and O–H groups in total. The molecule has 0 saturated carbocycles. The Labute approximate surface area is 138 Å². The monoisotopic (exact) mass is 381 g/mol. The van der Waals surface area contributed by atoms with E-state index in [0.29, 0.717) is 6.61 Å². The Morgan fingerprint density at radius 3 is 2.36 bits per heavy atom. The Balaban J connectivity index is 2.00. The van der Waals surface area contributed by atoms with Crippen LogP contribution in [0.4, 0.5) is 0 Å². The summed E-state index contributed by atoms with van der Waals surface area (Å²) >= 11 is 3.53. The quantitative estimate of drug-likeness (QED) is 0.765. The third-order valence-electron chi connectivity index (χ3n) is 3.63. The average Bonchev–Trinajstić information content (AvgIpc) is 2.91. The Hall–Kier alpha value is -1.21. The fourth-order valence-electron chi connectivity index (χ4n) is 2.46. The van der Waals surface area contributed by atoms with Gasteiger partial charge in [0.05, 0.1) is 22.4 Å². The number of halogens is 1. The summed E-state index contributed by atoms with van der Waals surface area (Å²) in [5, 5.41) is 0. The van der Waals surface area contributed by atoms with Crippen LogP contribution in [0.5, 0.6) is 0 Å². The number of aryl methyl sites for hydroxylation is 1. The van der Waals surface area contributed by atoms with Crippen LogP contribution in [-0.2, 0) is 14.9 Å². The summed E-state index contributed by atoms with van der Waals surface area (Å²) in [6.07, 6.45) is 0. The molecule has 1 aliphatic rings. The van der Waals surface area contributed by atoms with Crippen LogP contribution in [0.15, 0.2) is 59.5 Å². The molecular formula is C16H16BrNO3S. The molecule has 1 fully saturated rings. The summed E-state index contributed by atoms with van der Waals surface area (Å²) < 4.78 is 26.8. The van der Waals surface area contributed by atoms with Crippen LogP contribution in [0.1, 0.15) is 17.2 Å². The maximum atomic E-state index is 12.9. The van der Waals surface area contributed by atoms with Gasteiger partial charge in [-0.1, -0.05) is 68.4 Å². The van der Waals surface area contributed by atoms with Crippen LogP contribution < -0.4 is 0 Å². The number of alkyl halides is 1. The van der Waals surface area contributed by atoms with Crippen molar-refractivity contribution in [3.63, 3.8) is 0 Å². The molecule has 1 unspecified atom stereocenters. The van der Waals surface area contributed by atoms with E-state index in [-0.39, 0.29) is 15.8 Å². The molecule has 3 rings (SSSR count). The molecule has 2 atom stereocenters. The maximum absolute atomic E-state index is 12.9. The Kier molecular flexibility index (Phi) is 4.36. The molecule has 1 heterocycles. The van der Waals surface area contributed by atoms with E-state index < -0.39 is 10.0 Å². The largest absolute Gasteiger partial charge is 0.282 e. The molecular weight excluding hydrogens is 366 g/mol. The number of rotatable bonds is 3. The van der Waals surface area contributed by atoms with E-state index in [1.807, 2.05) is 37.3 Å². The van der Waals surface area contributed by atoms with Crippen LogP contribution in [-0.4, -0.2) is 24.3 Å². The lowest BCUT2D eigenvalue weighted by atomic mass is 10.1. The number of nitrogens with zero attached hydrogens (tertiary/aromatic N) is 1. The average molecular weight is 382 g/mol. The van der Waals surface area contributed by atoms with Crippen molar-refractivity contribution < 1.29 is 13.3 Å². The molecule has 1 aliphatic heterocycles. The fourth-order valence-corrected chi connectivity index (χ4v) is 4.71. The van der Waals surface area contributed by atoms with Gasteiger partial charge in [0.15, 0.2) is 0 Å². The van der Waals surface area contributed by atoms with Crippen molar-refractivity contribution >= 4 is 26.0 Å². The van der Waals surface area contributed by atoms with Crippen molar-refractivity contribution in [3.05, 3.63) is 65.7 Å².